The van der Waals surface area contributed by atoms with E-state index in [4.69, 9.17) is 11.6 Å². The molecule has 0 unspecified atom stereocenters. The van der Waals surface area contributed by atoms with Crippen LogP contribution in [0.5, 0.6) is 0 Å². The van der Waals surface area contributed by atoms with Gasteiger partial charge in [0.1, 0.15) is 5.69 Å². The van der Waals surface area contributed by atoms with Gasteiger partial charge in [-0.05, 0) is 42.8 Å². The zero-order valence-corrected chi connectivity index (χ0v) is 17.8. The number of carbonyl (C=O) groups excluding carboxylic acids is 1. The van der Waals surface area contributed by atoms with Gasteiger partial charge in [-0.1, -0.05) is 59.6 Å². The Morgan fingerprint density at radius 1 is 1.03 bits per heavy atom. The first kappa shape index (κ1) is 20.0. The van der Waals surface area contributed by atoms with E-state index in [0.29, 0.717) is 22.1 Å². The van der Waals surface area contributed by atoms with Crippen molar-refractivity contribution >= 4 is 29.2 Å². The monoisotopic (exact) mass is 443 g/mol. The number of nitrogens with one attached hydrogen (secondary N) is 1. The number of aryl methyl sites for hydroxylation is 1. The van der Waals surface area contributed by atoms with E-state index in [1.54, 1.807) is 23.1 Å². The molecule has 0 bridgehead atoms. The summed E-state index contributed by atoms with van der Waals surface area (Å²) in [7, 11) is 0. The quantitative estimate of drug-likeness (QED) is 0.437. The molecule has 0 aliphatic carbocycles. The molecule has 5 rings (SSSR count). The number of hydrogen-bond donors (Lipinski definition) is 2. The maximum absolute atomic E-state index is 13.5. The van der Waals surface area contributed by atoms with Crippen LogP contribution in [-0.4, -0.2) is 27.2 Å². The Labute approximate surface area is 189 Å². The summed E-state index contributed by atoms with van der Waals surface area (Å²) < 4.78 is 0. The summed E-state index contributed by atoms with van der Waals surface area (Å²) in [5, 5.41) is 17.2. The molecule has 158 valence electrons. The second-order valence-electron chi connectivity index (χ2n) is 7.68. The Morgan fingerprint density at radius 2 is 1.72 bits per heavy atom. The van der Waals surface area contributed by atoms with E-state index in [1.165, 1.54) is 12.1 Å². The number of anilines is 1. The summed E-state index contributed by atoms with van der Waals surface area (Å²) in [4.78, 5) is 26.4. The smallest absolute Gasteiger partial charge is 0.335 e. The van der Waals surface area contributed by atoms with E-state index in [1.807, 2.05) is 49.4 Å². The molecule has 0 spiro atoms. The summed E-state index contributed by atoms with van der Waals surface area (Å²) >= 11 is 6.58. The highest BCUT2D eigenvalue weighted by Gasteiger charge is 2.43. The minimum Gasteiger partial charge on any atom is -0.478 e. The highest BCUT2D eigenvalue weighted by Crippen LogP contribution is 2.46. The van der Waals surface area contributed by atoms with Crippen LogP contribution >= 0.6 is 11.6 Å². The van der Waals surface area contributed by atoms with Gasteiger partial charge in [-0.15, -0.1) is 0 Å². The maximum Gasteiger partial charge on any atom is 0.335 e. The molecule has 1 aliphatic rings. The summed E-state index contributed by atoms with van der Waals surface area (Å²) in [5.41, 5.74) is 5.32. The van der Waals surface area contributed by atoms with E-state index < -0.39 is 12.0 Å². The van der Waals surface area contributed by atoms with Gasteiger partial charge in [0.2, 0.25) is 0 Å². The Kier molecular flexibility index (Phi) is 4.79. The molecule has 2 heterocycles. The number of aromatic amines is 1. The maximum atomic E-state index is 13.5. The summed E-state index contributed by atoms with van der Waals surface area (Å²) in [6.07, 6.45) is 0. The van der Waals surface area contributed by atoms with Gasteiger partial charge in [-0.2, -0.15) is 5.10 Å². The number of fused-ring (bicyclic) bond motifs is 1. The third-order valence-corrected chi connectivity index (χ3v) is 6.03. The van der Waals surface area contributed by atoms with Gasteiger partial charge in [0.15, 0.2) is 0 Å². The van der Waals surface area contributed by atoms with E-state index in [0.717, 1.165) is 22.3 Å². The van der Waals surface area contributed by atoms with Crippen molar-refractivity contribution in [2.24, 2.45) is 0 Å². The van der Waals surface area contributed by atoms with Crippen LogP contribution in [0.3, 0.4) is 0 Å². The molecule has 1 amide bonds. The number of nitrogens with zero attached hydrogens (tertiary/aromatic N) is 2. The number of aromatic nitrogens is 2. The number of H-pyrrole nitrogens is 1. The molecule has 1 aliphatic heterocycles. The van der Waals surface area contributed by atoms with Gasteiger partial charge in [0.05, 0.1) is 17.3 Å². The Balaban J connectivity index is 1.71. The molecule has 0 saturated carbocycles. The molecule has 6 nitrogen and oxygen atoms in total. The fraction of sp³-hybridized carbons (Fsp3) is 0.0800. The molecule has 0 radical (unpaired) electrons. The fourth-order valence-electron chi connectivity index (χ4n) is 4.10. The van der Waals surface area contributed by atoms with E-state index >= 15 is 0 Å². The van der Waals surface area contributed by atoms with Crippen LogP contribution < -0.4 is 4.90 Å². The van der Waals surface area contributed by atoms with Crippen molar-refractivity contribution in [2.45, 2.75) is 13.0 Å². The molecule has 4 aromatic rings. The zero-order valence-electron chi connectivity index (χ0n) is 17.0. The first-order chi connectivity index (χ1) is 15.5. The van der Waals surface area contributed by atoms with Gasteiger partial charge in [-0.25, -0.2) is 4.79 Å². The van der Waals surface area contributed by atoms with Crippen LogP contribution in [0.25, 0.3) is 11.3 Å². The standard InChI is InChI=1S/C25H18ClN3O3/c1-14-6-8-15(9-7-14)21-20-22(28-27-21)24(30)29(17-12-10-16(11-13-17)25(31)32)23(20)18-4-2-3-5-19(18)26/h2-13,23H,1H3,(H,27,28)(H,31,32)/t23-/m1/s1. The Morgan fingerprint density at radius 3 is 2.38 bits per heavy atom. The van der Waals surface area contributed by atoms with Crippen molar-refractivity contribution in [1.29, 1.82) is 0 Å². The third kappa shape index (κ3) is 3.16. The third-order valence-electron chi connectivity index (χ3n) is 5.69. The first-order valence-electron chi connectivity index (χ1n) is 10.0. The number of amides is 1. The number of carboxylic acid groups (broad SMARTS) is 1. The SMILES string of the molecule is Cc1ccc(-c2n[nH]c3c2[C@@H](c2ccccc2Cl)N(c2ccc(C(=O)O)cc2)C3=O)cc1. The average Bonchev–Trinajstić information content (AvgIpc) is 3.34. The minimum atomic E-state index is -1.02. The van der Waals surface area contributed by atoms with E-state index in [2.05, 4.69) is 10.2 Å². The minimum absolute atomic E-state index is 0.148. The lowest BCUT2D eigenvalue weighted by molar-refractivity contribution is 0.0696. The first-order valence-corrected chi connectivity index (χ1v) is 10.4. The lowest BCUT2D eigenvalue weighted by Crippen LogP contribution is -2.29. The van der Waals surface area contributed by atoms with E-state index in [-0.39, 0.29) is 11.5 Å². The van der Waals surface area contributed by atoms with Crippen molar-refractivity contribution in [3.05, 3.63) is 106 Å². The fourth-order valence-corrected chi connectivity index (χ4v) is 4.34. The molecule has 1 atom stereocenters. The molecule has 0 saturated heterocycles. The van der Waals surface area contributed by atoms with Crippen molar-refractivity contribution in [1.82, 2.24) is 10.2 Å². The average molecular weight is 444 g/mol. The molecule has 3 aromatic carbocycles. The van der Waals surface area contributed by atoms with Crippen molar-refractivity contribution in [3.63, 3.8) is 0 Å². The number of rotatable bonds is 4. The van der Waals surface area contributed by atoms with Crippen molar-refractivity contribution in [3.8, 4) is 11.3 Å². The lowest BCUT2D eigenvalue weighted by Gasteiger charge is -2.27. The van der Waals surface area contributed by atoms with Crippen LogP contribution in [0.1, 0.15) is 43.6 Å². The number of benzene rings is 3. The number of carboxylic acids is 1. The van der Waals surface area contributed by atoms with E-state index in [9.17, 15) is 14.7 Å². The highest BCUT2D eigenvalue weighted by molar-refractivity contribution is 6.31. The lowest BCUT2D eigenvalue weighted by atomic mass is 9.95. The molecule has 32 heavy (non-hydrogen) atoms. The van der Waals surface area contributed by atoms with Crippen LogP contribution in [-0.2, 0) is 0 Å². The van der Waals surface area contributed by atoms with Gasteiger partial charge in [-0.3, -0.25) is 14.8 Å². The summed E-state index contributed by atoms with van der Waals surface area (Å²) in [6.45, 7) is 2.01. The van der Waals surface area contributed by atoms with Crippen LogP contribution in [0.15, 0.2) is 72.8 Å². The molecule has 7 heteroatoms. The predicted molar refractivity (Wildman–Crippen MR) is 122 cm³/mol. The number of aromatic carboxylic acids is 1. The number of halogens is 1. The number of carbonyl (C=O) groups is 2. The number of hydrogen-bond acceptors (Lipinski definition) is 3. The normalized spacial score (nSPS) is 15.1. The molecular formula is C25H18ClN3O3. The van der Waals surface area contributed by atoms with Crippen LogP contribution in [0.2, 0.25) is 5.02 Å². The molecule has 1 aromatic heterocycles. The van der Waals surface area contributed by atoms with Gasteiger partial charge in [0, 0.05) is 21.8 Å². The Hall–Kier alpha value is -3.90. The van der Waals surface area contributed by atoms with Gasteiger partial charge in [0.25, 0.3) is 5.91 Å². The van der Waals surface area contributed by atoms with Crippen LogP contribution in [0.4, 0.5) is 5.69 Å². The van der Waals surface area contributed by atoms with Crippen molar-refractivity contribution in [2.75, 3.05) is 4.90 Å². The summed E-state index contributed by atoms with van der Waals surface area (Å²) in [6, 6.07) is 21.1. The molecule has 2 N–H and O–H groups in total. The van der Waals surface area contributed by atoms with Gasteiger partial charge < -0.3 is 5.11 Å². The second-order valence-corrected chi connectivity index (χ2v) is 8.09. The second kappa shape index (κ2) is 7.66. The van der Waals surface area contributed by atoms with Crippen molar-refractivity contribution < 1.29 is 14.7 Å². The topological polar surface area (TPSA) is 86.3 Å². The van der Waals surface area contributed by atoms with Crippen LogP contribution in [0, 0.1) is 6.92 Å². The Bertz CT molecular complexity index is 1340. The highest BCUT2D eigenvalue weighted by atomic mass is 35.5. The zero-order chi connectivity index (χ0) is 22.4. The predicted octanol–water partition coefficient (Wildman–Crippen LogP) is 5.49. The molecule has 0 fully saturated rings. The molecular weight excluding hydrogens is 426 g/mol. The largest absolute Gasteiger partial charge is 0.478 e. The summed E-state index contributed by atoms with van der Waals surface area (Å²) in [5.74, 6) is -1.28. The van der Waals surface area contributed by atoms with Gasteiger partial charge >= 0.3 is 5.97 Å².